The van der Waals surface area contributed by atoms with Gasteiger partial charge in [0.05, 0.1) is 5.60 Å². The second-order valence-electron chi connectivity index (χ2n) is 6.49. The number of aryl methyl sites for hydroxylation is 1. The first-order valence-electron chi connectivity index (χ1n) is 7.68. The second kappa shape index (κ2) is 6.04. The van der Waals surface area contributed by atoms with Crippen LogP contribution in [0.4, 0.5) is 0 Å². The van der Waals surface area contributed by atoms with E-state index >= 15 is 0 Å². The van der Waals surface area contributed by atoms with Gasteiger partial charge in [-0.2, -0.15) is 0 Å². The zero-order valence-corrected chi connectivity index (χ0v) is 12.5. The fourth-order valence-electron chi connectivity index (χ4n) is 3.13. The average Bonchev–Trinajstić information content (AvgIpc) is 2.40. The molecule has 0 spiro atoms. The number of rotatable bonds is 4. The number of aromatic nitrogens is 1. The molecule has 2 rings (SSSR count). The maximum atomic E-state index is 10.7. The first-order chi connectivity index (χ1) is 9.02. The summed E-state index contributed by atoms with van der Waals surface area (Å²) in [6.45, 7) is 6.72. The molecule has 0 atom stereocenters. The summed E-state index contributed by atoms with van der Waals surface area (Å²) >= 11 is 0. The Morgan fingerprint density at radius 3 is 2.47 bits per heavy atom. The minimum Gasteiger partial charge on any atom is -0.389 e. The molecule has 1 aromatic rings. The van der Waals surface area contributed by atoms with Crippen LogP contribution < -0.4 is 0 Å². The van der Waals surface area contributed by atoms with E-state index in [1.807, 2.05) is 6.20 Å². The first-order valence-corrected chi connectivity index (χ1v) is 7.68. The Morgan fingerprint density at radius 1 is 1.32 bits per heavy atom. The van der Waals surface area contributed by atoms with Gasteiger partial charge in [-0.3, -0.25) is 4.98 Å². The summed E-state index contributed by atoms with van der Waals surface area (Å²) in [5.41, 5.74) is 1.77. The highest BCUT2D eigenvalue weighted by Gasteiger charge is 2.34. The van der Waals surface area contributed by atoms with Crippen LogP contribution in [0.15, 0.2) is 18.3 Å². The summed E-state index contributed by atoms with van der Waals surface area (Å²) in [7, 11) is 0. The quantitative estimate of drug-likeness (QED) is 0.895. The van der Waals surface area contributed by atoms with Crippen molar-refractivity contribution < 1.29 is 5.11 Å². The van der Waals surface area contributed by atoms with Crippen LogP contribution in [0, 0.1) is 11.8 Å². The monoisotopic (exact) mass is 261 g/mol. The molecule has 1 aromatic heterocycles. The molecule has 0 aliphatic heterocycles. The highest BCUT2D eigenvalue weighted by molar-refractivity contribution is 5.15. The van der Waals surface area contributed by atoms with Crippen molar-refractivity contribution in [2.24, 2.45) is 11.8 Å². The summed E-state index contributed by atoms with van der Waals surface area (Å²) < 4.78 is 0. The molecule has 1 heterocycles. The van der Waals surface area contributed by atoms with E-state index in [0.717, 1.165) is 49.6 Å². The molecular formula is C17H27NO. The minimum absolute atomic E-state index is 0.522. The normalized spacial score (nSPS) is 27.7. The van der Waals surface area contributed by atoms with Gasteiger partial charge in [0, 0.05) is 18.3 Å². The van der Waals surface area contributed by atoms with Crippen molar-refractivity contribution in [2.45, 2.75) is 64.9 Å². The Labute approximate surface area is 117 Å². The Balaban J connectivity index is 1.94. The first kappa shape index (κ1) is 14.5. The lowest BCUT2D eigenvalue weighted by molar-refractivity contribution is -0.0153. The van der Waals surface area contributed by atoms with Gasteiger partial charge in [0.2, 0.25) is 0 Å². The van der Waals surface area contributed by atoms with Crippen molar-refractivity contribution in [3.05, 3.63) is 29.6 Å². The number of hydrogen-bond acceptors (Lipinski definition) is 2. The smallest absolute Gasteiger partial charge is 0.0703 e. The summed E-state index contributed by atoms with van der Waals surface area (Å²) in [4.78, 5) is 4.48. The zero-order chi connectivity index (χ0) is 13.9. The van der Waals surface area contributed by atoms with Crippen molar-refractivity contribution in [3.63, 3.8) is 0 Å². The Bertz CT molecular complexity index is 388. The van der Waals surface area contributed by atoms with E-state index in [4.69, 9.17) is 0 Å². The maximum absolute atomic E-state index is 10.7. The lowest BCUT2D eigenvalue weighted by atomic mass is 9.73. The molecule has 106 valence electrons. The molecule has 0 bridgehead atoms. The molecule has 1 fully saturated rings. The van der Waals surface area contributed by atoms with Gasteiger partial charge in [-0.25, -0.2) is 0 Å². The molecule has 0 radical (unpaired) electrons. The van der Waals surface area contributed by atoms with E-state index < -0.39 is 5.60 Å². The second-order valence-corrected chi connectivity index (χ2v) is 6.49. The van der Waals surface area contributed by atoms with E-state index in [0.29, 0.717) is 6.42 Å². The Kier molecular flexibility index (Phi) is 4.62. The van der Waals surface area contributed by atoms with E-state index in [1.54, 1.807) is 0 Å². The Hall–Kier alpha value is -0.890. The lowest BCUT2D eigenvalue weighted by Crippen LogP contribution is -2.37. The highest BCUT2D eigenvalue weighted by Crippen LogP contribution is 2.37. The van der Waals surface area contributed by atoms with Gasteiger partial charge in [0.25, 0.3) is 0 Å². The van der Waals surface area contributed by atoms with E-state index in [-0.39, 0.29) is 0 Å². The minimum atomic E-state index is -0.522. The van der Waals surface area contributed by atoms with Crippen molar-refractivity contribution in [2.75, 3.05) is 0 Å². The summed E-state index contributed by atoms with van der Waals surface area (Å²) in [6.07, 6.45) is 7.83. The fourth-order valence-corrected chi connectivity index (χ4v) is 3.13. The molecule has 1 aliphatic carbocycles. The van der Waals surface area contributed by atoms with Crippen LogP contribution in [0.1, 0.15) is 57.7 Å². The van der Waals surface area contributed by atoms with Crippen molar-refractivity contribution in [1.82, 2.24) is 4.98 Å². The van der Waals surface area contributed by atoms with Gasteiger partial charge in [-0.05, 0) is 55.6 Å². The Morgan fingerprint density at radius 2 is 2.00 bits per heavy atom. The standard InChI is InChI=1S/C17H27NO/c1-4-14-5-6-16(18-12-14)11-17(19)9-7-15(8-10-17)13(2)3/h5-6,12-13,15,19H,4,7-11H2,1-3H3. The number of pyridine rings is 1. The third-order valence-corrected chi connectivity index (χ3v) is 4.71. The van der Waals surface area contributed by atoms with Crippen molar-refractivity contribution >= 4 is 0 Å². The van der Waals surface area contributed by atoms with E-state index in [1.165, 1.54) is 5.56 Å². The molecule has 1 N–H and O–H groups in total. The van der Waals surface area contributed by atoms with Crippen LogP contribution in [0.25, 0.3) is 0 Å². The van der Waals surface area contributed by atoms with Gasteiger partial charge in [0.1, 0.15) is 0 Å². The number of nitrogens with zero attached hydrogens (tertiary/aromatic N) is 1. The third kappa shape index (κ3) is 3.79. The average molecular weight is 261 g/mol. The van der Waals surface area contributed by atoms with Crippen LogP contribution in [-0.2, 0) is 12.8 Å². The largest absolute Gasteiger partial charge is 0.389 e. The topological polar surface area (TPSA) is 33.1 Å². The van der Waals surface area contributed by atoms with E-state index in [9.17, 15) is 5.11 Å². The molecule has 0 aromatic carbocycles. The van der Waals surface area contributed by atoms with Gasteiger partial charge < -0.3 is 5.11 Å². The highest BCUT2D eigenvalue weighted by atomic mass is 16.3. The van der Waals surface area contributed by atoms with Gasteiger partial charge >= 0.3 is 0 Å². The van der Waals surface area contributed by atoms with Crippen LogP contribution >= 0.6 is 0 Å². The van der Waals surface area contributed by atoms with Crippen molar-refractivity contribution in [1.29, 1.82) is 0 Å². The van der Waals surface area contributed by atoms with Crippen molar-refractivity contribution in [3.8, 4) is 0 Å². The SMILES string of the molecule is CCc1ccc(CC2(O)CCC(C(C)C)CC2)nc1. The molecule has 2 nitrogen and oxygen atoms in total. The number of hydrogen-bond donors (Lipinski definition) is 1. The lowest BCUT2D eigenvalue weighted by Gasteiger charge is -2.37. The predicted octanol–water partition coefficient (Wildman–Crippen LogP) is 3.76. The molecule has 1 saturated carbocycles. The van der Waals surface area contributed by atoms with Gasteiger partial charge in [-0.1, -0.05) is 26.8 Å². The summed E-state index contributed by atoms with van der Waals surface area (Å²) in [5, 5.41) is 10.7. The van der Waals surface area contributed by atoms with Crippen LogP contribution in [0.3, 0.4) is 0 Å². The third-order valence-electron chi connectivity index (χ3n) is 4.71. The van der Waals surface area contributed by atoms with E-state index in [2.05, 4.69) is 37.9 Å². The van der Waals surface area contributed by atoms with Crippen LogP contribution in [0.2, 0.25) is 0 Å². The zero-order valence-electron chi connectivity index (χ0n) is 12.5. The van der Waals surface area contributed by atoms with Crippen LogP contribution in [0.5, 0.6) is 0 Å². The molecule has 19 heavy (non-hydrogen) atoms. The maximum Gasteiger partial charge on any atom is 0.0703 e. The molecule has 0 amide bonds. The molecule has 0 unspecified atom stereocenters. The fraction of sp³-hybridized carbons (Fsp3) is 0.706. The van der Waals surface area contributed by atoms with Crippen LogP contribution in [-0.4, -0.2) is 15.7 Å². The number of aliphatic hydroxyl groups is 1. The molecule has 2 heteroatoms. The van der Waals surface area contributed by atoms with Gasteiger partial charge in [-0.15, -0.1) is 0 Å². The summed E-state index contributed by atoms with van der Waals surface area (Å²) in [6, 6.07) is 4.21. The van der Waals surface area contributed by atoms with Gasteiger partial charge in [0.15, 0.2) is 0 Å². The molecule has 1 aliphatic rings. The predicted molar refractivity (Wildman–Crippen MR) is 79.1 cm³/mol. The molecular weight excluding hydrogens is 234 g/mol. The molecule has 0 saturated heterocycles. The summed E-state index contributed by atoms with van der Waals surface area (Å²) in [5.74, 6) is 1.53.